The summed E-state index contributed by atoms with van der Waals surface area (Å²) in [6.45, 7) is 7.00. The first-order chi connectivity index (χ1) is 9.31. The van der Waals surface area contributed by atoms with Gasteiger partial charge in [-0.15, -0.1) is 0 Å². The lowest BCUT2D eigenvalue weighted by Crippen LogP contribution is -2.25. The largest absolute Gasteiger partial charge is 0.468 e. The van der Waals surface area contributed by atoms with Gasteiger partial charge in [0.15, 0.2) is 0 Å². The monoisotopic (exact) mass is 265 g/mol. The molecule has 0 amide bonds. The van der Waals surface area contributed by atoms with Crippen LogP contribution in [0.15, 0.2) is 16.7 Å². The van der Waals surface area contributed by atoms with Crippen LogP contribution in [-0.2, 0) is 17.9 Å². The molecular weight excluding hydrogens is 238 g/mol. The fourth-order valence-corrected chi connectivity index (χ4v) is 2.76. The fraction of sp³-hybridized carbons (Fsp3) is 0.750. The van der Waals surface area contributed by atoms with Gasteiger partial charge >= 0.3 is 0 Å². The van der Waals surface area contributed by atoms with Crippen LogP contribution in [0.5, 0.6) is 0 Å². The molecule has 19 heavy (non-hydrogen) atoms. The summed E-state index contributed by atoms with van der Waals surface area (Å²) in [6, 6.07) is 2.04. The van der Waals surface area contributed by atoms with E-state index in [4.69, 9.17) is 9.15 Å². The van der Waals surface area contributed by atoms with E-state index in [0.29, 0.717) is 18.6 Å². The molecule has 0 aromatic carbocycles. The normalized spacial score (nSPS) is 23.7. The Kier molecular flexibility index (Phi) is 5.93. The topological polar surface area (TPSA) is 34.4 Å². The van der Waals surface area contributed by atoms with E-state index in [0.717, 1.165) is 25.3 Å². The minimum Gasteiger partial charge on any atom is -0.468 e. The number of hydrogen-bond donors (Lipinski definition) is 1. The predicted molar refractivity (Wildman–Crippen MR) is 76.9 cm³/mol. The third kappa shape index (κ3) is 4.36. The average molecular weight is 265 g/mol. The summed E-state index contributed by atoms with van der Waals surface area (Å²) in [5.74, 6) is 1.72. The zero-order chi connectivity index (χ0) is 13.5. The summed E-state index contributed by atoms with van der Waals surface area (Å²) in [5.41, 5.74) is 1.20. The number of ether oxygens (including phenoxy) is 1. The van der Waals surface area contributed by atoms with E-state index in [1.54, 1.807) is 6.26 Å². The Balaban J connectivity index is 1.80. The van der Waals surface area contributed by atoms with Crippen LogP contribution in [0.3, 0.4) is 0 Å². The maximum Gasteiger partial charge on any atom is 0.123 e. The van der Waals surface area contributed by atoms with Gasteiger partial charge in [-0.2, -0.15) is 0 Å². The van der Waals surface area contributed by atoms with Crippen molar-refractivity contribution in [2.75, 3.05) is 6.54 Å². The van der Waals surface area contributed by atoms with E-state index in [1.807, 2.05) is 6.07 Å². The van der Waals surface area contributed by atoms with E-state index in [2.05, 4.69) is 19.2 Å². The first-order valence-electron chi connectivity index (χ1n) is 7.68. The number of nitrogens with one attached hydrogen (secondary N) is 1. The van der Waals surface area contributed by atoms with Crippen LogP contribution in [-0.4, -0.2) is 12.6 Å². The highest BCUT2D eigenvalue weighted by Crippen LogP contribution is 2.27. The number of rotatable bonds is 7. The van der Waals surface area contributed by atoms with Gasteiger partial charge in [0.2, 0.25) is 0 Å². The molecule has 2 rings (SSSR count). The molecule has 2 atom stereocenters. The van der Waals surface area contributed by atoms with Gasteiger partial charge in [-0.3, -0.25) is 0 Å². The van der Waals surface area contributed by atoms with E-state index in [1.165, 1.54) is 31.2 Å². The van der Waals surface area contributed by atoms with Crippen LogP contribution >= 0.6 is 0 Å². The molecule has 0 aliphatic heterocycles. The van der Waals surface area contributed by atoms with Crippen molar-refractivity contribution >= 4 is 0 Å². The molecule has 1 aromatic heterocycles. The highest BCUT2D eigenvalue weighted by molar-refractivity contribution is 5.15. The fourth-order valence-electron chi connectivity index (χ4n) is 2.76. The van der Waals surface area contributed by atoms with Gasteiger partial charge in [-0.25, -0.2) is 0 Å². The molecule has 1 heterocycles. The quantitative estimate of drug-likeness (QED) is 0.760. The third-order valence-corrected chi connectivity index (χ3v) is 4.04. The van der Waals surface area contributed by atoms with Crippen molar-refractivity contribution in [2.45, 2.75) is 65.2 Å². The van der Waals surface area contributed by atoms with E-state index >= 15 is 0 Å². The van der Waals surface area contributed by atoms with Gasteiger partial charge in [0.1, 0.15) is 5.76 Å². The Morgan fingerprint density at radius 1 is 1.37 bits per heavy atom. The standard InChI is InChI=1S/C16H27NO2/c1-3-9-17-11-16-14(8-10-18-16)12-19-15-7-5-4-6-13(15)2/h8,10,13,15,17H,3-7,9,11-12H2,1-2H3. The molecule has 1 aliphatic carbocycles. The zero-order valence-corrected chi connectivity index (χ0v) is 12.3. The molecular formula is C16H27NO2. The maximum absolute atomic E-state index is 6.10. The van der Waals surface area contributed by atoms with Crippen molar-refractivity contribution in [3.63, 3.8) is 0 Å². The lowest BCUT2D eigenvalue weighted by molar-refractivity contribution is -0.0159. The molecule has 0 radical (unpaired) electrons. The molecule has 3 nitrogen and oxygen atoms in total. The van der Waals surface area contributed by atoms with Gasteiger partial charge in [0.05, 0.1) is 25.5 Å². The second-order valence-electron chi connectivity index (χ2n) is 5.66. The summed E-state index contributed by atoms with van der Waals surface area (Å²) in [7, 11) is 0. The molecule has 2 unspecified atom stereocenters. The Labute approximate surface area is 116 Å². The van der Waals surface area contributed by atoms with Crippen LogP contribution in [0.1, 0.15) is 57.3 Å². The summed E-state index contributed by atoms with van der Waals surface area (Å²) < 4.78 is 11.6. The van der Waals surface area contributed by atoms with Crippen LogP contribution in [0.2, 0.25) is 0 Å². The molecule has 0 bridgehead atoms. The van der Waals surface area contributed by atoms with Crippen LogP contribution in [0.25, 0.3) is 0 Å². The Morgan fingerprint density at radius 2 is 2.21 bits per heavy atom. The molecule has 1 aromatic rings. The summed E-state index contributed by atoms with van der Waals surface area (Å²) >= 11 is 0. The highest BCUT2D eigenvalue weighted by Gasteiger charge is 2.22. The Morgan fingerprint density at radius 3 is 3.00 bits per heavy atom. The van der Waals surface area contributed by atoms with Crippen molar-refractivity contribution < 1.29 is 9.15 Å². The van der Waals surface area contributed by atoms with Crippen LogP contribution in [0.4, 0.5) is 0 Å². The lowest BCUT2D eigenvalue weighted by Gasteiger charge is -2.28. The van der Waals surface area contributed by atoms with Gasteiger partial charge < -0.3 is 14.5 Å². The first kappa shape index (κ1) is 14.6. The zero-order valence-electron chi connectivity index (χ0n) is 12.3. The number of hydrogen-bond acceptors (Lipinski definition) is 3. The first-order valence-corrected chi connectivity index (χ1v) is 7.68. The smallest absolute Gasteiger partial charge is 0.123 e. The Bertz CT molecular complexity index is 361. The van der Waals surface area contributed by atoms with Crippen LogP contribution < -0.4 is 5.32 Å². The minimum atomic E-state index is 0.431. The second kappa shape index (κ2) is 7.71. The van der Waals surface area contributed by atoms with Crippen molar-refractivity contribution in [1.82, 2.24) is 5.32 Å². The van der Waals surface area contributed by atoms with Crippen molar-refractivity contribution in [2.24, 2.45) is 5.92 Å². The molecule has 1 fully saturated rings. The van der Waals surface area contributed by atoms with Gasteiger partial charge in [-0.1, -0.05) is 26.7 Å². The Hall–Kier alpha value is -0.800. The summed E-state index contributed by atoms with van der Waals surface area (Å²) in [6.07, 6.45) is 8.53. The van der Waals surface area contributed by atoms with Gasteiger partial charge in [0.25, 0.3) is 0 Å². The van der Waals surface area contributed by atoms with E-state index < -0.39 is 0 Å². The SMILES string of the molecule is CCCNCc1occc1COC1CCCCC1C. The van der Waals surface area contributed by atoms with Crippen molar-refractivity contribution in [3.8, 4) is 0 Å². The molecule has 1 N–H and O–H groups in total. The lowest BCUT2D eigenvalue weighted by atomic mass is 9.88. The van der Waals surface area contributed by atoms with Gasteiger partial charge in [-0.05, 0) is 37.8 Å². The third-order valence-electron chi connectivity index (χ3n) is 4.04. The van der Waals surface area contributed by atoms with Crippen LogP contribution in [0, 0.1) is 5.92 Å². The maximum atomic E-state index is 6.10. The summed E-state index contributed by atoms with van der Waals surface area (Å²) in [5, 5.41) is 3.38. The molecule has 1 aliphatic rings. The second-order valence-corrected chi connectivity index (χ2v) is 5.66. The molecule has 0 saturated heterocycles. The predicted octanol–water partition coefficient (Wildman–Crippen LogP) is 3.87. The molecule has 1 saturated carbocycles. The minimum absolute atomic E-state index is 0.431. The highest BCUT2D eigenvalue weighted by atomic mass is 16.5. The number of furan rings is 1. The van der Waals surface area contributed by atoms with E-state index in [9.17, 15) is 0 Å². The van der Waals surface area contributed by atoms with E-state index in [-0.39, 0.29) is 0 Å². The van der Waals surface area contributed by atoms with Gasteiger partial charge in [0, 0.05) is 5.56 Å². The van der Waals surface area contributed by atoms with Crippen molar-refractivity contribution in [3.05, 3.63) is 23.7 Å². The molecule has 0 spiro atoms. The molecule has 108 valence electrons. The molecule has 3 heteroatoms. The summed E-state index contributed by atoms with van der Waals surface area (Å²) in [4.78, 5) is 0. The average Bonchev–Trinajstić information content (AvgIpc) is 2.86. The van der Waals surface area contributed by atoms with Crippen molar-refractivity contribution in [1.29, 1.82) is 0 Å².